The molecule has 0 amide bonds. The summed E-state index contributed by atoms with van der Waals surface area (Å²) in [6.45, 7) is 2.77. The average molecular weight is 434 g/mol. The molecule has 0 spiro atoms. The van der Waals surface area contributed by atoms with E-state index in [1.807, 2.05) is 0 Å². The highest BCUT2D eigenvalue weighted by atomic mass is 32.2. The van der Waals surface area contributed by atoms with Gasteiger partial charge in [-0.2, -0.15) is 16.8 Å². The van der Waals surface area contributed by atoms with Crippen LogP contribution in [-0.4, -0.2) is 35.8 Å². The highest BCUT2D eigenvalue weighted by Gasteiger charge is 2.20. The highest BCUT2D eigenvalue weighted by Crippen LogP contribution is 2.24. The first-order valence-corrected chi connectivity index (χ1v) is 9.97. The molecule has 152 valence electrons. The maximum atomic E-state index is 10.8. The molecule has 2 N–H and O–H groups in total. The van der Waals surface area contributed by atoms with Crippen LogP contribution >= 0.6 is 0 Å². The number of rotatable bonds is 4. The van der Waals surface area contributed by atoms with Crippen molar-refractivity contribution in [1.29, 1.82) is 0 Å². The van der Waals surface area contributed by atoms with Crippen molar-refractivity contribution in [2.75, 3.05) is 0 Å². The Morgan fingerprint density at radius 3 is 1.86 bits per heavy atom. The maximum absolute atomic E-state index is 10.8. The molecule has 0 radical (unpaired) electrons. The van der Waals surface area contributed by atoms with E-state index in [1.54, 1.807) is 0 Å². The summed E-state index contributed by atoms with van der Waals surface area (Å²) in [6, 6.07) is 6.66. The molecule has 0 saturated heterocycles. The van der Waals surface area contributed by atoms with Crippen LogP contribution in [0.3, 0.4) is 0 Å². The lowest BCUT2D eigenvalue weighted by Crippen LogP contribution is -2.03. The molecule has 0 saturated carbocycles. The molecule has 2 rings (SSSR count). The summed E-state index contributed by atoms with van der Waals surface area (Å²) in [6.07, 6.45) is 0. The van der Waals surface area contributed by atoms with E-state index in [1.165, 1.54) is 32.0 Å². The van der Waals surface area contributed by atoms with Crippen molar-refractivity contribution < 1.29 is 35.8 Å². The molecule has 12 nitrogen and oxygen atoms in total. The molecule has 0 aromatic heterocycles. The molecule has 2 aromatic rings. The second-order valence-corrected chi connectivity index (χ2v) is 8.18. The minimum atomic E-state index is -4.39. The number of nitrogens with zero attached hydrogens (tertiary/aromatic N) is 2. The Labute approximate surface area is 159 Å². The lowest BCUT2D eigenvalue weighted by Gasteiger charge is -2.01. The molecule has 0 aliphatic rings. The van der Waals surface area contributed by atoms with Gasteiger partial charge >= 0.3 is 0 Å². The topological polar surface area (TPSA) is 195 Å². The molecule has 2 aromatic carbocycles. The summed E-state index contributed by atoms with van der Waals surface area (Å²) in [5.41, 5.74) is -0.371. The zero-order valence-electron chi connectivity index (χ0n) is 14.3. The Hall–Kier alpha value is -2.94. The molecular formula is C14H14N2O10S2. The third kappa shape index (κ3) is 6.05. The van der Waals surface area contributed by atoms with Crippen molar-refractivity contribution in [3.63, 3.8) is 0 Å². The first-order chi connectivity index (χ1) is 12.6. The summed E-state index contributed by atoms with van der Waals surface area (Å²) < 4.78 is 60.3. The van der Waals surface area contributed by atoms with Gasteiger partial charge in [-0.1, -0.05) is 6.07 Å². The van der Waals surface area contributed by atoms with Crippen LogP contribution in [0.2, 0.25) is 0 Å². The van der Waals surface area contributed by atoms with E-state index in [9.17, 15) is 37.1 Å². The van der Waals surface area contributed by atoms with E-state index in [2.05, 4.69) is 0 Å². The zero-order valence-corrected chi connectivity index (χ0v) is 16.0. The fraction of sp³-hybridized carbons (Fsp3) is 0.143. The SMILES string of the molecule is Cc1c([N+](=O)[O-])cccc1S(=O)(=O)O.Cc1cc([N+](=O)[O-])cc(S(=O)(=O)O)c1. The fourth-order valence-electron chi connectivity index (χ4n) is 2.06. The van der Waals surface area contributed by atoms with E-state index in [-0.39, 0.29) is 16.9 Å². The molecule has 14 heteroatoms. The van der Waals surface area contributed by atoms with Gasteiger partial charge in [0.25, 0.3) is 31.6 Å². The fourth-order valence-corrected chi connectivity index (χ4v) is 3.41. The van der Waals surface area contributed by atoms with Gasteiger partial charge in [0.2, 0.25) is 0 Å². The molecule has 28 heavy (non-hydrogen) atoms. The van der Waals surface area contributed by atoms with Crippen LogP contribution in [-0.2, 0) is 20.2 Å². The second kappa shape index (κ2) is 8.39. The van der Waals surface area contributed by atoms with Gasteiger partial charge in [-0.25, -0.2) is 0 Å². The standard InChI is InChI=1S/2C7H7NO5S/c1-5-2-6(8(9)10)4-7(3-5)14(11,12)13;1-5-6(8(9)10)3-2-4-7(5)14(11,12)13/h2*2-4H,1H3,(H,11,12,13). The number of hydrogen-bond donors (Lipinski definition) is 2. The van der Waals surface area contributed by atoms with Gasteiger partial charge in [0, 0.05) is 23.8 Å². The quantitative estimate of drug-likeness (QED) is 0.409. The second-order valence-electron chi connectivity index (χ2n) is 5.37. The number of aryl methyl sites for hydroxylation is 1. The van der Waals surface area contributed by atoms with Crippen molar-refractivity contribution in [3.8, 4) is 0 Å². The van der Waals surface area contributed by atoms with Crippen molar-refractivity contribution >= 4 is 31.6 Å². The third-order valence-corrected chi connectivity index (χ3v) is 5.10. The number of nitro groups is 2. The predicted molar refractivity (Wildman–Crippen MR) is 95.3 cm³/mol. The Kier molecular flexibility index (Phi) is 6.92. The number of hydrogen-bond acceptors (Lipinski definition) is 8. The van der Waals surface area contributed by atoms with Gasteiger partial charge in [0.15, 0.2) is 0 Å². The van der Waals surface area contributed by atoms with Crippen LogP contribution in [0.15, 0.2) is 46.2 Å². The van der Waals surface area contributed by atoms with Gasteiger partial charge in [-0.05, 0) is 31.5 Å². The Morgan fingerprint density at radius 2 is 1.43 bits per heavy atom. The molecule has 0 unspecified atom stereocenters. The smallest absolute Gasteiger partial charge is 0.282 e. The zero-order chi connectivity index (χ0) is 21.9. The van der Waals surface area contributed by atoms with Crippen LogP contribution in [0.1, 0.15) is 11.1 Å². The molecule has 0 aliphatic heterocycles. The summed E-state index contributed by atoms with van der Waals surface area (Å²) in [5, 5.41) is 20.8. The normalized spacial score (nSPS) is 11.3. The third-order valence-electron chi connectivity index (χ3n) is 3.27. The number of non-ortho nitro benzene ring substituents is 1. The minimum Gasteiger partial charge on any atom is -0.282 e. The van der Waals surface area contributed by atoms with Crippen molar-refractivity contribution in [2.45, 2.75) is 23.6 Å². The monoisotopic (exact) mass is 434 g/mol. The van der Waals surface area contributed by atoms with Crippen LogP contribution in [0.5, 0.6) is 0 Å². The number of nitro benzene ring substituents is 2. The Balaban J connectivity index is 0.000000280. The van der Waals surface area contributed by atoms with Crippen molar-refractivity contribution in [2.24, 2.45) is 0 Å². The van der Waals surface area contributed by atoms with Gasteiger partial charge in [0.1, 0.15) is 9.79 Å². The molecule has 0 bridgehead atoms. The summed E-state index contributed by atoms with van der Waals surface area (Å²) in [7, 11) is -8.78. The molecule has 0 atom stereocenters. The summed E-state index contributed by atoms with van der Waals surface area (Å²) in [5.74, 6) is 0. The van der Waals surface area contributed by atoms with E-state index in [0.29, 0.717) is 5.56 Å². The molecular weight excluding hydrogens is 420 g/mol. The van der Waals surface area contributed by atoms with Crippen molar-refractivity contribution in [3.05, 3.63) is 67.8 Å². The summed E-state index contributed by atoms with van der Waals surface area (Å²) >= 11 is 0. The summed E-state index contributed by atoms with van der Waals surface area (Å²) in [4.78, 5) is 18.5. The average Bonchev–Trinajstić information content (AvgIpc) is 2.52. The lowest BCUT2D eigenvalue weighted by molar-refractivity contribution is -0.385. The highest BCUT2D eigenvalue weighted by molar-refractivity contribution is 7.86. The Morgan fingerprint density at radius 1 is 0.857 bits per heavy atom. The Bertz CT molecular complexity index is 1140. The first-order valence-electron chi connectivity index (χ1n) is 7.09. The van der Waals surface area contributed by atoms with Gasteiger partial charge in [-0.15, -0.1) is 0 Å². The van der Waals surface area contributed by atoms with Gasteiger partial charge in [-0.3, -0.25) is 29.3 Å². The predicted octanol–water partition coefficient (Wildman–Crippen LogP) is 2.30. The maximum Gasteiger partial charge on any atom is 0.295 e. The van der Waals surface area contributed by atoms with Crippen LogP contribution in [0.25, 0.3) is 0 Å². The van der Waals surface area contributed by atoms with Crippen molar-refractivity contribution in [1.82, 2.24) is 0 Å². The van der Waals surface area contributed by atoms with E-state index < -0.39 is 39.9 Å². The van der Waals surface area contributed by atoms with Crippen LogP contribution in [0, 0.1) is 34.1 Å². The lowest BCUT2D eigenvalue weighted by atomic mass is 10.2. The largest absolute Gasteiger partial charge is 0.295 e. The molecule has 0 fully saturated rings. The van der Waals surface area contributed by atoms with Crippen LogP contribution < -0.4 is 0 Å². The van der Waals surface area contributed by atoms with Gasteiger partial charge in [0.05, 0.1) is 9.85 Å². The van der Waals surface area contributed by atoms with E-state index in [0.717, 1.165) is 18.2 Å². The van der Waals surface area contributed by atoms with E-state index in [4.69, 9.17) is 9.11 Å². The molecule has 0 heterocycles. The minimum absolute atomic E-state index is 0.0694. The van der Waals surface area contributed by atoms with Gasteiger partial charge < -0.3 is 0 Å². The van der Waals surface area contributed by atoms with E-state index >= 15 is 0 Å². The molecule has 0 aliphatic carbocycles. The number of benzene rings is 2. The first kappa shape index (κ1) is 23.1. The van der Waals surface area contributed by atoms with Crippen LogP contribution in [0.4, 0.5) is 11.4 Å².